The Morgan fingerprint density at radius 3 is 2.25 bits per heavy atom. The van der Waals surface area contributed by atoms with Crippen LogP contribution in [0.5, 0.6) is 0 Å². The Bertz CT molecular complexity index is 98.6. The van der Waals surface area contributed by atoms with Crippen LogP contribution in [-0.4, -0.2) is 11.4 Å². The Morgan fingerprint density at radius 2 is 2.25 bits per heavy atom. The van der Waals surface area contributed by atoms with Gasteiger partial charge in [-0.25, -0.2) is 0 Å². The standard InChI is InChI=1S/C5H11N2O/c1-3-5(2,7)4(6)8/h6H,3,7H2,1-2H3/t5-/m1/s1. The molecule has 3 N–H and O–H groups in total. The SMILES string of the molecule is CC[C@@](C)(N)C([NH])=O. The van der Waals surface area contributed by atoms with Crippen molar-refractivity contribution in [1.29, 1.82) is 0 Å². The molecule has 0 bridgehead atoms. The van der Waals surface area contributed by atoms with Crippen LogP contribution in [0.25, 0.3) is 0 Å². The minimum atomic E-state index is -0.931. The molecule has 0 fully saturated rings. The minimum absolute atomic E-state index is 0.523. The maximum atomic E-state index is 10.2. The number of carbonyl (C=O) groups is 1. The van der Waals surface area contributed by atoms with Gasteiger partial charge in [0.15, 0.2) is 0 Å². The van der Waals surface area contributed by atoms with Gasteiger partial charge in [-0.2, -0.15) is 0 Å². The van der Waals surface area contributed by atoms with Crippen LogP contribution in [0.4, 0.5) is 0 Å². The quantitative estimate of drug-likeness (QED) is 0.547. The van der Waals surface area contributed by atoms with E-state index in [9.17, 15) is 4.79 Å². The Balaban J connectivity index is 3.91. The van der Waals surface area contributed by atoms with E-state index in [0.29, 0.717) is 6.42 Å². The van der Waals surface area contributed by atoms with E-state index in [0.717, 1.165) is 0 Å². The molecule has 0 spiro atoms. The predicted octanol–water partition coefficient (Wildman–Crippen LogP) is -0.0767. The van der Waals surface area contributed by atoms with Gasteiger partial charge in [-0.1, -0.05) is 6.92 Å². The lowest BCUT2D eigenvalue weighted by molar-refractivity contribution is -0.123. The normalized spacial score (nSPS) is 17.4. The average molecular weight is 115 g/mol. The molecule has 1 radical (unpaired) electrons. The topological polar surface area (TPSA) is 66.9 Å². The van der Waals surface area contributed by atoms with Crippen LogP contribution in [0.15, 0.2) is 0 Å². The fraction of sp³-hybridized carbons (Fsp3) is 0.800. The highest BCUT2D eigenvalue weighted by atomic mass is 16.1. The molecule has 0 aliphatic heterocycles. The molecule has 0 aromatic heterocycles. The summed E-state index contributed by atoms with van der Waals surface area (Å²) in [6.45, 7) is 3.34. The molecule has 3 nitrogen and oxygen atoms in total. The van der Waals surface area contributed by atoms with E-state index in [-0.39, 0.29) is 0 Å². The van der Waals surface area contributed by atoms with Crippen LogP contribution in [0.3, 0.4) is 0 Å². The first-order valence-electron chi connectivity index (χ1n) is 2.55. The second-order valence-electron chi connectivity index (χ2n) is 2.10. The van der Waals surface area contributed by atoms with Gasteiger partial charge in [0, 0.05) is 0 Å². The van der Waals surface area contributed by atoms with E-state index in [4.69, 9.17) is 11.5 Å². The Morgan fingerprint density at radius 1 is 1.88 bits per heavy atom. The maximum Gasteiger partial charge on any atom is 0.258 e. The third-order valence-electron chi connectivity index (χ3n) is 1.25. The molecule has 1 amide bonds. The summed E-state index contributed by atoms with van der Waals surface area (Å²) < 4.78 is 0. The summed E-state index contributed by atoms with van der Waals surface area (Å²) >= 11 is 0. The van der Waals surface area contributed by atoms with Gasteiger partial charge in [0.05, 0.1) is 5.54 Å². The highest BCUT2D eigenvalue weighted by Crippen LogP contribution is 2.02. The van der Waals surface area contributed by atoms with Crippen LogP contribution in [0.1, 0.15) is 20.3 Å². The second kappa shape index (κ2) is 2.13. The number of rotatable bonds is 2. The van der Waals surface area contributed by atoms with E-state index in [1.807, 2.05) is 0 Å². The van der Waals surface area contributed by atoms with Crippen LogP contribution >= 0.6 is 0 Å². The lowest BCUT2D eigenvalue weighted by Gasteiger charge is -2.15. The van der Waals surface area contributed by atoms with Gasteiger partial charge in [0.2, 0.25) is 0 Å². The van der Waals surface area contributed by atoms with E-state index < -0.39 is 11.4 Å². The number of nitrogens with one attached hydrogen (secondary N) is 1. The van der Waals surface area contributed by atoms with Crippen LogP contribution in [0, 0.1) is 0 Å². The zero-order valence-corrected chi connectivity index (χ0v) is 5.19. The number of hydrogen-bond acceptors (Lipinski definition) is 2. The smallest absolute Gasteiger partial charge is 0.258 e. The van der Waals surface area contributed by atoms with E-state index in [1.165, 1.54) is 0 Å². The van der Waals surface area contributed by atoms with E-state index in [1.54, 1.807) is 13.8 Å². The molecular formula is C5H11N2O. The van der Waals surface area contributed by atoms with Gasteiger partial charge in [-0.3, -0.25) is 10.5 Å². The van der Waals surface area contributed by atoms with Crippen LogP contribution in [0.2, 0.25) is 0 Å². The minimum Gasteiger partial charge on any atom is -0.318 e. The zero-order valence-electron chi connectivity index (χ0n) is 5.19. The summed E-state index contributed by atoms with van der Waals surface area (Å²) in [5.41, 5.74) is 11.0. The van der Waals surface area contributed by atoms with Crippen LogP contribution < -0.4 is 11.5 Å². The molecule has 3 heteroatoms. The third-order valence-corrected chi connectivity index (χ3v) is 1.25. The van der Waals surface area contributed by atoms with Gasteiger partial charge in [0.1, 0.15) is 0 Å². The van der Waals surface area contributed by atoms with Gasteiger partial charge in [-0.15, -0.1) is 0 Å². The molecule has 0 aromatic carbocycles. The number of carbonyl (C=O) groups excluding carboxylic acids is 1. The summed E-state index contributed by atoms with van der Waals surface area (Å²) in [5.74, 6) is -0.694. The molecule has 0 heterocycles. The summed E-state index contributed by atoms with van der Waals surface area (Å²) in [7, 11) is 0. The first kappa shape index (κ1) is 7.43. The van der Waals surface area contributed by atoms with E-state index >= 15 is 0 Å². The number of hydrogen-bond donors (Lipinski definition) is 1. The first-order valence-corrected chi connectivity index (χ1v) is 2.55. The fourth-order valence-electron chi connectivity index (χ4n) is 0.161. The molecule has 8 heavy (non-hydrogen) atoms. The van der Waals surface area contributed by atoms with Gasteiger partial charge in [0.25, 0.3) is 5.91 Å². The predicted molar refractivity (Wildman–Crippen MR) is 31.0 cm³/mol. The summed E-state index contributed by atoms with van der Waals surface area (Å²) in [5, 5.41) is 0. The average Bonchev–Trinajstić information content (AvgIpc) is 1.67. The monoisotopic (exact) mass is 115 g/mol. The Kier molecular flexibility index (Phi) is 1.98. The zero-order chi connectivity index (χ0) is 6.78. The molecule has 0 aliphatic carbocycles. The molecule has 0 saturated carbocycles. The van der Waals surface area contributed by atoms with Crippen molar-refractivity contribution in [1.82, 2.24) is 5.73 Å². The summed E-state index contributed by atoms with van der Waals surface area (Å²) in [6.07, 6.45) is 0.523. The highest BCUT2D eigenvalue weighted by molar-refractivity contribution is 5.82. The molecule has 0 rings (SSSR count). The molecule has 1 atom stereocenters. The fourth-order valence-corrected chi connectivity index (χ4v) is 0.161. The number of amides is 1. The lowest BCUT2D eigenvalue weighted by atomic mass is 10.0. The molecule has 0 saturated heterocycles. The lowest BCUT2D eigenvalue weighted by Crippen LogP contribution is -2.44. The first-order chi connectivity index (χ1) is 3.50. The third kappa shape index (κ3) is 1.50. The Hall–Kier alpha value is -0.570. The van der Waals surface area contributed by atoms with Crippen molar-refractivity contribution in [2.45, 2.75) is 25.8 Å². The van der Waals surface area contributed by atoms with Gasteiger partial charge >= 0.3 is 0 Å². The van der Waals surface area contributed by atoms with Crippen molar-refractivity contribution < 1.29 is 4.79 Å². The van der Waals surface area contributed by atoms with Crippen molar-refractivity contribution >= 4 is 5.91 Å². The molecule has 47 valence electrons. The second-order valence-corrected chi connectivity index (χ2v) is 2.10. The molecule has 0 aromatic rings. The van der Waals surface area contributed by atoms with Crippen LogP contribution in [-0.2, 0) is 4.79 Å². The molecule has 0 unspecified atom stereocenters. The highest BCUT2D eigenvalue weighted by Gasteiger charge is 2.22. The maximum absolute atomic E-state index is 10.2. The van der Waals surface area contributed by atoms with Crippen molar-refractivity contribution in [3.8, 4) is 0 Å². The number of nitrogens with two attached hydrogens (primary N) is 1. The molecule has 0 aliphatic rings. The van der Waals surface area contributed by atoms with Crippen molar-refractivity contribution in [3.05, 3.63) is 0 Å². The van der Waals surface area contributed by atoms with Crippen molar-refractivity contribution in [2.75, 3.05) is 0 Å². The summed E-state index contributed by atoms with van der Waals surface area (Å²) in [4.78, 5) is 10.2. The van der Waals surface area contributed by atoms with Gasteiger partial charge < -0.3 is 5.73 Å². The summed E-state index contributed by atoms with van der Waals surface area (Å²) in [6, 6.07) is 0. The molecular weight excluding hydrogens is 104 g/mol. The van der Waals surface area contributed by atoms with E-state index in [2.05, 4.69) is 0 Å². The van der Waals surface area contributed by atoms with Crippen molar-refractivity contribution in [3.63, 3.8) is 0 Å². The largest absolute Gasteiger partial charge is 0.318 e. The van der Waals surface area contributed by atoms with Crippen molar-refractivity contribution in [2.24, 2.45) is 5.73 Å². The Labute approximate surface area is 49.0 Å². The van der Waals surface area contributed by atoms with Gasteiger partial charge in [-0.05, 0) is 13.3 Å².